The fourth-order valence-electron chi connectivity index (χ4n) is 2.18. The molecule has 0 bridgehead atoms. The van der Waals surface area contributed by atoms with Gasteiger partial charge in [-0.1, -0.05) is 0 Å². The Morgan fingerprint density at radius 2 is 2.25 bits per heavy atom. The number of aryl methyl sites for hydroxylation is 1. The Hall–Kier alpha value is -2.31. The maximum Gasteiger partial charge on any atom is 0.273 e. The Kier molecular flexibility index (Phi) is 4.07. The van der Waals surface area contributed by atoms with Gasteiger partial charge in [-0.15, -0.1) is 0 Å². The van der Waals surface area contributed by atoms with Crippen molar-refractivity contribution in [3.63, 3.8) is 0 Å². The zero-order valence-electron chi connectivity index (χ0n) is 11.2. The van der Waals surface area contributed by atoms with Crippen LogP contribution in [0.1, 0.15) is 35.4 Å². The van der Waals surface area contributed by atoms with Gasteiger partial charge < -0.3 is 11.1 Å². The topological polar surface area (TPSA) is 115 Å². The number of nitrogens with two attached hydrogens (primary N) is 1. The minimum absolute atomic E-state index is 0.0228. The van der Waals surface area contributed by atoms with E-state index in [-0.39, 0.29) is 41.8 Å². The fraction of sp³-hybridized carbons (Fsp3) is 0.462. The first-order valence-electron chi connectivity index (χ1n) is 6.39. The van der Waals surface area contributed by atoms with Crippen LogP contribution in [0.25, 0.3) is 0 Å². The van der Waals surface area contributed by atoms with E-state index < -0.39 is 5.91 Å². The van der Waals surface area contributed by atoms with Gasteiger partial charge >= 0.3 is 0 Å². The molecule has 1 unspecified atom stereocenters. The van der Waals surface area contributed by atoms with Gasteiger partial charge in [-0.05, 0) is 13.3 Å². The van der Waals surface area contributed by atoms with E-state index in [1.807, 2.05) is 0 Å². The van der Waals surface area contributed by atoms with Crippen LogP contribution in [0.3, 0.4) is 0 Å². The largest absolute Gasteiger partial charge is 0.382 e. The lowest BCUT2D eigenvalue weighted by Gasteiger charge is -2.09. The number of amides is 1. The van der Waals surface area contributed by atoms with E-state index in [4.69, 9.17) is 5.73 Å². The molecule has 1 fully saturated rings. The number of anilines is 1. The number of rotatable bonds is 4. The molecule has 106 valence electrons. The van der Waals surface area contributed by atoms with Crippen LogP contribution in [-0.2, 0) is 9.59 Å². The van der Waals surface area contributed by atoms with Crippen LogP contribution in [0.15, 0.2) is 6.20 Å². The molecule has 1 aromatic rings. The van der Waals surface area contributed by atoms with Crippen molar-refractivity contribution < 1.29 is 14.4 Å². The first kappa shape index (κ1) is 14.1. The Bertz CT molecular complexity index is 571. The number of Topliss-reactive ketones (excluding diaryl/α,β-unsaturated/α-hetero) is 2. The molecule has 1 saturated carbocycles. The number of nitrogens with zero attached hydrogens (tertiary/aromatic N) is 2. The van der Waals surface area contributed by atoms with E-state index in [1.165, 1.54) is 6.20 Å². The van der Waals surface area contributed by atoms with Crippen LogP contribution >= 0.6 is 0 Å². The fourth-order valence-corrected chi connectivity index (χ4v) is 2.18. The molecule has 1 heterocycles. The molecule has 1 aliphatic rings. The first-order chi connectivity index (χ1) is 9.47. The van der Waals surface area contributed by atoms with Crippen molar-refractivity contribution in [1.29, 1.82) is 0 Å². The third kappa shape index (κ3) is 3.17. The van der Waals surface area contributed by atoms with Gasteiger partial charge in [-0.2, -0.15) is 0 Å². The summed E-state index contributed by atoms with van der Waals surface area (Å²) in [4.78, 5) is 42.3. The number of hydrogen-bond donors (Lipinski definition) is 2. The predicted molar refractivity (Wildman–Crippen MR) is 70.9 cm³/mol. The summed E-state index contributed by atoms with van der Waals surface area (Å²) in [6.45, 7) is 2.03. The zero-order chi connectivity index (χ0) is 14.7. The summed E-state index contributed by atoms with van der Waals surface area (Å²) in [6, 6.07) is 0. The second-order valence-corrected chi connectivity index (χ2v) is 4.87. The van der Waals surface area contributed by atoms with E-state index in [2.05, 4.69) is 15.3 Å². The van der Waals surface area contributed by atoms with Gasteiger partial charge in [0, 0.05) is 25.1 Å². The van der Waals surface area contributed by atoms with E-state index in [9.17, 15) is 14.4 Å². The average molecular weight is 276 g/mol. The predicted octanol–water partition coefficient (Wildman–Crippen LogP) is 0.0353. The van der Waals surface area contributed by atoms with Crippen LogP contribution in [0, 0.1) is 12.8 Å². The molecule has 0 spiro atoms. The normalized spacial score (nSPS) is 18.4. The van der Waals surface area contributed by atoms with Crippen molar-refractivity contribution in [2.45, 2.75) is 26.2 Å². The molecule has 1 aromatic heterocycles. The Balaban J connectivity index is 1.86. The van der Waals surface area contributed by atoms with Crippen molar-refractivity contribution in [1.82, 2.24) is 15.3 Å². The standard InChI is InChI=1S/C13H16N4O3/c1-7-6-16-11(12(14)17-7)13(20)15-3-2-8-4-9(18)5-10(8)19/h6,8H,2-5H2,1H3,(H2,14,17)(H,15,20). The number of ketones is 2. The molecular formula is C13H16N4O3. The van der Waals surface area contributed by atoms with Crippen molar-refractivity contribution in [2.24, 2.45) is 5.92 Å². The van der Waals surface area contributed by atoms with Gasteiger partial charge in [-0.25, -0.2) is 9.97 Å². The average Bonchev–Trinajstić information content (AvgIpc) is 2.67. The summed E-state index contributed by atoms with van der Waals surface area (Å²) < 4.78 is 0. The van der Waals surface area contributed by atoms with Gasteiger partial charge in [0.1, 0.15) is 11.6 Å². The Morgan fingerprint density at radius 1 is 1.50 bits per heavy atom. The van der Waals surface area contributed by atoms with Crippen LogP contribution in [-0.4, -0.2) is 34.0 Å². The SMILES string of the molecule is Cc1cnc(C(=O)NCCC2CC(=O)CC2=O)c(N)n1. The second kappa shape index (κ2) is 5.77. The highest BCUT2D eigenvalue weighted by Crippen LogP contribution is 2.21. The highest BCUT2D eigenvalue weighted by molar-refractivity contribution is 6.07. The van der Waals surface area contributed by atoms with Crippen molar-refractivity contribution in [3.05, 3.63) is 17.6 Å². The van der Waals surface area contributed by atoms with Gasteiger partial charge in [-0.3, -0.25) is 14.4 Å². The summed E-state index contributed by atoms with van der Waals surface area (Å²) in [6.07, 6.45) is 2.22. The minimum Gasteiger partial charge on any atom is -0.382 e. The van der Waals surface area contributed by atoms with Crippen LogP contribution in [0.2, 0.25) is 0 Å². The molecular weight excluding hydrogens is 260 g/mol. The highest BCUT2D eigenvalue weighted by atomic mass is 16.2. The minimum atomic E-state index is -0.424. The molecule has 7 heteroatoms. The number of nitrogens with one attached hydrogen (secondary N) is 1. The molecule has 1 amide bonds. The van der Waals surface area contributed by atoms with Gasteiger partial charge in [0.15, 0.2) is 11.5 Å². The van der Waals surface area contributed by atoms with Crippen molar-refractivity contribution in [3.8, 4) is 0 Å². The summed E-state index contributed by atoms with van der Waals surface area (Å²) in [5.74, 6) is -0.690. The van der Waals surface area contributed by atoms with Crippen molar-refractivity contribution in [2.75, 3.05) is 12.3 Å². The van der Waals surface area contributed by atoms with Crippen LogP contribution in [0.5, 0.6) is 0 Å². The number of carbonyl (C=O) groups is 3. The molecule has 2 rings (SSSR count). The molecule has 0 aromatic carbocycles. The molecule has 1 aliphatic carbocycles. The highest BCUT2D eigenvalue weighted by Gasteiger charge is 2.30. The maximum absolute atomic E-state index is 11.9. The third-order valence-electron chi connectivity index (χ3n) is 3.21. The molecule has 20 heavy (non-hydrogen) atoms. The second-order valence-electron chi connectivity index (χ2n) is 4.87. The molecule has 1 atom stereocenters. The smallest absolute Gasteiger partial charge is 0.273 e. The molecule has 3 N–H and O–H groups in total. The van der Waals surface area contributed by atoms with E-state index in [1.54, 1.807) is 6.92 Å². The number of nitrogen functional groups attached to an aromatic ring is 1. The number of hydrogen-bond acceptors (Lipinski definition) is 6. The van der Waals surface area contributed by atoms with E-state index >= 15 is 0 Å². The van der Waals surface area contributed by atoms with Gasteiger partial charge in [0.2, 0.25) is 0 Å². The molecule has 0 aliphatic heterocycles. The zero-order valence-corrected chi connectivity index (χ0v) is 11.2. The first-order valence-corrected chi connectivity index (χ1v) is 6.39. The Morgan fingerprint density at radius 3 is 2.85 bits per heavy atom. The lowest BCUT2D eigenvalue weighted by Crippen LogP contribution is -2.28. The molecule has 0 radical (unpaired) electrons. The molecule has 7 nitrogen and oxygen atoms in total. The molecule has 0 saturated heterocycles. The van der Waals surface area contributed by atoms with Gasteiger partial charge in [0.25, 0.3) is 5.91 Å². The van der Waals surface area contributed by atoms with E-state index in [0.717, 1.165) is 0 Å². The summed E-state index contributed by atoms with van der Waals surface area (Å²) >= 11 is 0. The third-order valence-corrected chi connectivity index (χ3v) is 3.21. The lowest BCUT2D eigenvalue weighted by molar-refractivity contribution is -0.122. The summed E-state index contributed by atoms with van der Waals surface area (Å²) in [5, 5.41) is 2.64. The van der Waals surface area contributed by atoms with Crippen LogP contribution in [0.4, 0.5) is 5.82 Å². The lowest BCUT2D eigenvalue weighted by atomic mass is 10.0. The number of aromatic nitrogens is 2. The quantitative estimate of drug-likeness (QED) is 0.750. The summed E-state index contributed by atoms with van der Waals surface area (Å²) in [7, 11) is 0. The van der Waals surface area contributed by atoms with E-state index in [0.29, 0.717) is 18.7 Å². The number of carbonyl (C=O) groups excluding carboxylic acids is 3. The van der Waals surface area contributed by atoms with Crippen molar-refractivity contribution >= 4 is 23.3 Å². The monoisotopic (exact) mass is 276 g/mol. The summed E-state index contributed by atoms with van der Waals surface area (Å²) in [5.41, 5.74) is 6.33. The Labute approximate surface area is 116 Å². The van der Waals surface area contributed by atoms with Gasteiger partial charge in [0.05, 0.1) is 12.1 Å². The van der Waals surface area contributed by atoms with Crippen LogP contribution < -0.4 is 11.1 Å². The maximum atomic E-state index is 11.9.